The predicted molar refractivity (Wildman–Crippen MR) is 75.7 cm³/mol. The summed E-state index contributed by atoms with van der Waals surface area (Å²) in [5, 5.41) is 2.65. The molecule has 2 heterocycles. The number of hydrogen-bond acceptors (Lipinski definition) is 4. The van der Waals surface area contributed by atoms with Crippen LogP contribution in [0.2, 0.25) is 0 Å². The third kappa shape index (κ3) is 3.46. The van der Waals surface area contributed by atoms with E-state index in [9.17, 15) is 9.59 Å². The average molecular weight is 276 g/mol. The van der Waals surface area contributed by atoms with E-state index in [-0.39, 0.29) is 24.2 Å². The van der Waals surface area contributed by atoms with E-state index in [1.54, 1.807) is 30.3 Å². The van der Waals surface area contributed by atoms with E-state index in [0.717, 1.165) is 12.8 Å². The molecule has 2 rings (SSSR count). The molecule has 1 aromatic heterocycles. The maximum atomic E-state index is 12.2. The van der Waals surface area contributed by atoms with Crippen molar-refractivity contribution in [3.63, 3.8) is 0 Å². The van der Waals surface area contributed by atoms with Gasteiger partial charge in [0.15, 0.2) is 0 Å². The lowest BCUT2D eigenvalue weighted by Crippen LogP contribution is -2.45. The second-order valence-corrected chi connectivity index (χ2v) is 5.05. The number of amides is 2. The fraction of sp³-hybridized carbons (Fsp3) is 0.500. The van der Waals surface area contributed by atoms with Crippen LogP contribution in [0.1, 0.15) is 18.5 Å². The number of carbonyl (C=O) groups is 2. The van der Waals surface area contributed by atoms with Crippen LogP contribution in [0.4, 0.5) is 5.69 Å². The fourth-order valence-electron chi connectivity index (χ4n) is 2.43. The van der Waals surface area contributed by atoms with Crippen molar-refractivity contribution in [1.82, 2.24) is 15.2 Å². The molecule has 0 radical (unpaired) electrons. The summed E-state index contributed by atoms with van der Waals surface area (Å²) in [5.41, 5.74) is 6.85. The summed E-state index contributed by atoms with van der Waals surface area (Å²) in [6.45, 7) is 1.20. The van der Waals surface area contributed by atoms with E-state index in [4.69, 9.17) is 5.73 Å². The van der Waals surface area contributed by atoms with Gasteiger partial charge in [0.25, 0.3) is 0 Å². The standard InChI is InChI=1S/C14H20N4O2/c1-16-14(20)10-3-2-6-18(9-10)13(19)7-12-5-4-11(15)8-17-12/h4-5,8,10H,2-3,6-7,9,15H2,1H3,(H,16,20). The third-order valence-electron chi connectivity index (χ3n) is 3.57. The lowest BCUT2D eigenvalue weighted by Gasteiger charge is -2.31. The highest BCUT2D eigenvalue weighted by Gasteiger charge is 2.27. The van der Waals surface area contributed by atoms with E-state index in [1.165, 1.54) is 0 Å². The number of nitrogens with zero attached hydrogens (tertiary/aromatic N) is 2. The first-order valence-electron chi connectivity index (χ1n) is 6.80. The first kappa shape index (κ1) is 14.3. The van der Waals surface area contributed by atoms with Crippen molar-refractivity contribution in [2.45, 2.75) is 19.3 Å². The molecule has 0 spiro atoms. The van der Waals surface area contributed by atoms with Crippen LogP contribution in [0.15, 0.2) is 18.3 Å². The van der Waals surface area contributed by atoms with Gasteiger partial charge in [0.2, 0.25) is 11.8 Å². The zero-order valence-electron chi connectivity index (χ0n) is 11.6. The van der Waals surface area contributed by atoms with E-state index >= 15 is 0 Å². The summed E-state index contributed by atoms with van der Waals surface area (Å²) in [5.74, 6) is -0.0824. The Morgan fingerprint density at radius 2 is 2.30 bits per heavy atom. The Morgan fingerprint density at radius 1 is 1.50 bits per heavy atom. The lowest BCUT2D eigenvalue weighted by molar-refractivity contribution is -0.135. The molecule has 1 atom stereocenters. The number of piperidine rings is 1. The number of likely N-dealkylation sites (tertiary alicyclic amines) is 1. The summed E-state index contributed by atoms with van der Waals surface area (Å²) in [7, 11) is 1.63. The largest absolute Gasteiger partial charge is 0.397 e. The molecule has 1 saturated heterocycles. The number of nitrogens with one attached hydrogen (secondary N) is 1. The Balaban J connectivity index is 1.95. The molecule has 0 aromatic carbocycles. The number of rotatable bonds is 3. The molecular formula is C14H20N4O2. The smallest absolute Gasteiger partial charge is 0.228 e. The maximum absolute atomic E-state index is 12.2. The van der Waals surface area contributed by atoms with Crippen molar-refractivity contribution in [3.05, 3.63) is 24.0 Å². The van der Waals surface area contributed by atoms with Crippen LogP contribution >= 0.6 is 0 Å². The predicted octanol–water partition coefficient (Wildman–Crippen LogP) is 0.191. The van der Waals surface area contributed by atoms with Crippen LogP contribution in [0.25, 0.3) is 0 Å². The average Bonchev–Trinajstić information content (AvgIpc) is 2.49. The zero-order valence-corrected chi connectivity index (χ0v) is 11.6. The van der Waals surface area contributed by atoms with E-state index in [1.807, 2.05) is 0 Å². The summed E-state index contributed by atoms with van der Waals surface area (Å²) in [4.78, 5) is 29.8. The molecule has 1 aliphatic heterocycles. The molecule has 0 bridgehead atoms. The van der Waals surface area contributed by atoms with Gasteiger partial charge in [0, 0.05) is 25.8 Å². The van der Waals surface area contributed by atoms with E-state index in [0.29, 0.717) is 24.5 Å². The van der Waals surface area contributed by atoms with Gasteiger partial charge in [-0.05, 0) is 25.0 Å². The number of hydrogen-bond donors (Lipinski definition) is 2. The van der Waals surface area contributed by atoms with Gasteiger partial charge >= 0.3 is 0 Å². The number of carbonyl (C=O) groups excluding carboxylic acids is 2. The van der Waals surface area contributed by atoms with Crippen LogP contribution in [-0.2, 0) is 16.0 Å². The number of aromatic nitrogens is 1. The molecule has 1 unspecified atom stereocenters. The summed E-state index contributed by atoms with van der Waals surface area (Å²) >= 11 is 0. The van der Waals surface area contributed by atoms with Crippen molar-refractivity contribution < 1.29 is 9.59 Å². The quantitative estimate of drug-likeness (QED) is 0.825. The Kier molecular flexibility index (Phi) is 4.55. The van der Waals surface area contributed by atoms with Gasteiger partial charge in [-0.3, -0.25) is 14.6 Å². The second kappa shape index (κ2) is 6.36. The molecule has 0 aliphatic carbocycles. The van der Waals surface area contributed by atoms with Gasteiger partial charge in [-0.2, -0.15) is 0 Å². The Bertz CT molecular complexity index is 486. The maximum Gasteiger partial charge on any atom is 0.228 e. The molecule has 108 valence electrons. The minimum Gasteiger partial charge on any atom is -0.397 e. The highest BCUT2D eigenvalue weighted by atomic mass is 16.2. The van der Waals surface area contributed by atoms with Crippen LogP contribution in [-0.4, -0.2) is 41.8 Å². The molecule has 3 N–H and O–H groups in total. The van der Waals surface area contributed by atoms with Crippen molar-refractivity contribution in [2.24, 2.45) is 5.92 Å². The van der Waals surface area contributed by atoms with E-state index < -0.39 is 0 Å². The van der Waals surface area contributed by atoms with Crippen molar-refractivity contribution in [2.75, 3.05) is 25.9 Å². The minimum absolute atomic E-state index is 0.00751. The van der Waals surface area contributed by atoms with Gasteiger partial charge in [-0.1, -0.05) is 0 Å². The number of nitrogens with two attached hydrogens (primary N) is 1. The van der Waals surface area contributed by atoms with Crippen molar-refractivity contribution in [1.29, 1.82) is 0 Å². The Labute approximate surface area is 118 Å². The SMILES string of the molecule is CNC(=O)C1CCCN(C(=O)Cc2ccc(N)cn2)C1. The van der Waals surface area contributed by atoms with Gasteiger partial charge in [0.05, 0.1) is 24.2 Å². The molecule has 2 amide bonds. The monoisotopic (exact) mass is 276 g/mol. The van der Waals surface area contributed by atoms with Gasteiger partial charge in [-0.15, -0.1) is 0 Å². The van der Waals surface area contributed by atoms with Crippen molar-refractivity contribution >= 4 is 17.5 Å². The van der Waals surface area contributed by atoms with Crippen LogP contribution in [0.5, 0.6) is 0 Å². The summed E-state index contributed by atoms with van der Waals surface area (Å²) in [6.07, 6.45) is 3.50. The van der Waals surface area contributed by atoms with Crippen LogP contribution in [0, 0.1) is 5.92 Å². The van der Waals surface area contributed by atoms with Crippen LogP contribution < -0.4 is 11.1 Å². The molecule has 1 fully saturated rings. The van der Waals surface area contributed by atoms with Gasteiger partial charge in [-0.25, -0.2) is 0 Å². The Hall–Kier alpha value is -2.11. The number of anilines is 1. The molecular weight excluding hydrogens is 256 g/mol. The molecule has 0 saturated carbocycles. The molecule has 20 heavy (non-hydrogen) atoms. The lowest BCUT2D eigenvalue weighted by atomic mass is 9.97. The molecule has 6 heteroatoms. The summed E-state index contributed by atoms with van der Waals surface area (Å²) in [6, 6.07) is 3.49. The highest BCUT2D eigenvalue weighted by Crippen LogP contribution is 2.17. The highest BCUT2D eigenvalue weighted by molar-refractivity contribution is 5.82. The third-order valence-corrected chi connectivity index (χ3v) is 3.57. The first-order chi connectivity index (χ1) is 9.60. The van der Waals surface area contributed by atoms with Crippen LogP contribution in [0.3, 0.4) is 0 Å². The normalized spacial score (nSPS) is 18.6. The Morgan fingerprint density at radius 3 is 2.95 bits per heavy atom. The minimum atomic E-state index is -0.0999. The van der Waals surface area contributed by atoms with Crippen molar-refractivity contribution in [3.8, 4) is 0 Å². The fourth-order valence-corrected chi connectivity index (χ4v) is 2.43. The summed E-state index contributed by atoms with van der Waals surface area (Å²) < 4.78 is 0. The molecule has 6 nitrogen and oxygen atoms in total. The second-order valence-electron chi connectivity index (χ2n) is 5.05. The topological polar surface area (TPSA) is 88.3 Å². The van der Waals surface area contributed by atoms with Gasteiger partial charge < -0.3 is 16.0 Å². The zero-order chi connectivity index (χ0) is 14.5. The molecule has 1 aliphatic rings. The first-order valence-corrected chi connectivity index (χ1v) is 6.80. The molecule has 1 aromatic rings. The number of pyridine rings is 1. The van der Waals surface area contributed by atoms with Gasteiger partial charge in [0.1, 0.15) is 0 Å². The number of nitrogen functional groups attached to an aromatic ring is 1. The van der Waals surface area contributed by atoms with E-state index in [2.05, 4.69) is 10.3 Å².